The van der Waals surface area contributed by atoms with Crippen molar-refractivity contribution in [2.75, 3.05) is 39.7 Å². The van der Waals surface area contributed by atoms with Gasteiger partial charge in [-0.25, -0.2) is 0 Å². The first-order valence-corrected chi connectivity index (χ1v) is 8.59. The second kappa shape index (κ2) is 8.61. The number of ether oxygens (including phenoxy) is 3. The summed E-state index contributed by atoms with van der Waals surface area (Å²) in [5, 5.41) is -0.386. The molecule has 8 nitrogen and oxygen atoms in total. The molecule has 1 heterocycles. The molecule has 1 aliphatic rings. The minimum Gasteiger partial charge on any atom is -0.493 e. The minimum absolute atomic E-state index is 0.214. The normalized spacial score (nSPS) is 16.9. The molecule has 1 aromatic rings. The maximum Gasteiger partial charge on any atom is 0.320 e. The van der Waals surface area contributed by atoms with Crippen molar-refractivity contribution < 1.29 is 28.6 Å². The molecule has 0 aromatic heterocycles. The van der Waals surface area contributed by atoms with Gasteiger partial charge in [0.25, 0.3) is 11.8 Å². The Morgan fingerprint density at radius 1 is 1.28 bits per heavy atom. The zero-order valence-electron chi connectivity index (χ0n) is 14.0. The van der Waals surface area contributed by atoms with E-state index in [2.05, 4.69) is 0 Å². The van der Waals surface area contributed by atoms with Gasteiger partial charge in [0, 0.05) is 24.4 Å². The van der Waals surface area contributed by atoms with Crippen LogP contribution < -0.4 is 15.2 Å². The first-order valence-electron chi connectivity index (χ1n) is 7.54. The number of hydrogen-bond acceptors (Lipinski definition) is 7. The number of benzene rings is 1. The van der Waals surface area contributed by atoms with Crippen molar-refractivity contribution in [3.63, 3.8) is 0 Å². The third kappa shape index (κ3) is 4.79. The van der Waals surface area contributed by atoms with Crippen LogP contribution in [0.5, 0.6) is 11.5 Å². The molecule has 2 amide bonds. The van der Waals surface area contributed by atoms with Gasteiger partial charge in [-0.2, -0.15) is 0 Å². The van der Waals surface area contributed by atoms with Crippen molar-refractivity contribution in [3.05, 3.63) is 23.8 Å². The molecule has 0 radical (unpaired) electrons. The smallest absolute Gasteiger partial charge is 0.320 e. The predicted octanol–water partition coefficient (Wildman–Crippen LogP) is 0.290. The van der Waals surface area contributed by atoms with Crippen molar-refractivity contribution in [2.24, 2.45) is 5.73 Å². The molecule has 25 heavy (non-hydrogen) atoms. The number of methoxy groups -OCH3 is 2. The molecule has 136 valence electrons. The van der Waals surface area contributed by atoms with Gasteiger partial charge in [-0.15, -0.1) is 11.8 Å². The molecule has 2 N–H and O–H groups in total. The summed E-state index contributed by atoms with van der Waals surface area (Å²) >= 11 is 1.47. The molecule has 1 atom stereocenters. The number of carbonyl (C=O) groups excluding carboxylic acids is 3. The Morgan fingerprint density at radius 2 is 2.04 bits per heavy atom. The van der Waals surface area contributed by atoms with Crippen LogP contribution in [-0.4, -0.2) is 67.6 Å². The van der Waals surface area contributed by atoms with Crippen LogP contribution in [0.4, 0.5) is 0 Å². The van der Waals surface area contributed by atoms with Gasteiger partial charge < -0.3 is 24.8 Å². The second-order valence-corrected chi connectivity index (χ2v) is 6.57. The molecular formula is C16H20N2O6S. The Balaban J connectivity index is 2.13. The van der Waals surface area contributed by atoms with Gasteiger partial charge in [0.05, 0.1) is 14.2 Å². The standard InChI is InChI=1S/C16H20N2O6S/c1-22-12-7-10(3-4-11(12)24-9-14(17)19)15(20)18-5-6-25-13(8-18)16(21)23-2/h3-4,7,13H,5-6,8-9H2,1-2H3,(H2,17,19)/t13-/m0/s1. The molecule has 1 saturated heterocycles. The second-order valence-electron chi connectivity index (χ2n) is 5.25. The van der Waals surface area contributed by atoms with Crippen LogP contribution in [0.25, 0.3) is 0 Å². The van der Waals surface area contributed by atoms with Gasteiger partial charge in [-0.1, -0.05) is 0 Å². The quantitative estimate of drug-likeness (QED) is 0.719. The zero-order valence-corrected chi connectivity index (χ0v) is 14.8. The lowest BCUT2D eigenvalue weighted by molar-refractivity contribution is -0.140. The van der Waals surface area contributed by atoms with E-state index in [1.807, 2.05) is 0 Å². The number of esters is 1. The maximum absolute atomic E-state index is 12.7. The summed E-state index contributed by atoms with van der Waals surface area (Å²) in [7, 11) is 2.77. The Kier molecular flexibility index (Phi) is 6.51. The Bertz CT molecular complexity index is 666. The molecule has 0 bridgehead atoms. The van der Waals surface area contributed by atoms with Crippen molar-refractivity contribution in [2.45, 2.75) is 5.25 Å². The predicted molar refractivity (Wildman–Crippen MR) is 91.8 cm³/mol. The Morgan fingerprint density at radius 3 is 2.68 bits per heavy atom. The van der Waals surface area contributed by atoms with Crippen molar-refractivity contribution in [1.82, 2.24) is 4.90 Å². The summed E-state index contributed by atoms with van der Waals surface area (Å²) in [5.41, 5.74) is 5.45. The van der Waals surface area contributed by atoms with Crippen LogP contribution in [0.1, 0.15) is 10.4 Å². The van der Waals surface area contributed by atoms with E-state index in [1.165, 1.54) is 32.0 Å². The summed E-state index contributed by atoms with van der Waals surface area (Å²) in [6.45, 7) is 0.547. The third-order valence-electron chi connectivity index (χ3n) is 3.60. The van der Waals surface area contributed by atoms with Crippen LogP contribution in [0.3, 0.4) is 0 Å². The van der Waals surface area contributed by atoms with Crippen molar-refractivity contribution in [1.29, 1.82) is 0 Å². The fraction of sp³-hybridized carbons (Fsp3) is 0.438. The average molecular weight is 368 g/mol. The topological polar surface area (TPSA) is 108 Å². The minimum atomic E-state index is -0.609. The molecule has 2 rings (SSSR count). The van der Waals surface area contributed by atoms with E-state index in [0.717, 1.165) is 0 Å². The summed E-state index contributed by atoms with van der Waals surface area (Å²) in [5.74, 6) is 0.135. The van der Waals surface area contributed by atoms with E-state index in [1.54, 1.807) is 17.0 Å². The number of hydrogen-bond donors (Lipinski definition) is 1. The molecule has 1 aliphatic heterocycles. The highest BCUT2D eigenvalue weighted by Gasteiger charge is 2.30. The highest BCUT2D eigenvalue weighted by molar-refractivity contribution is 8.00. The van der Waals surface area contributed by atoms with E-state index in [-0.39, 0.29) is 23.7 Å². The molecular weight excluding hydrogens is 348 g/mol. The molecule has 9 heteroatoms. The molecule has 0 aliphatic carbocycles. The lowest BCUT2D eigenvalue weighted by atomic mass is 10.1. The first-order chi connectivity index (χ1) is 12.0. The van der Waals surface area contributed by atoms with Crippen molar-refractivity contribution in [3.8, 4) is 11.5 Å². The number of rotatable bonds is 6. The van der Waals surface area contributed by atoms with Crippen LogP contribution >= 0.6 is 11.8 Å². The molecule has 0 saturated carbocycles. The van der Waals surface area contributed by atoms with Gasteiger partial charge >= 0.3 is 5.97 Å². The largest absolute Gasteiger partial charge is 0.493 e. The molecule has 0 unspecified atom stereocenters. The van der Waals surface area contributed by atoms with Crippen LogP contribution in [0.15, 0.2) is 18.2 Å². The van der Waals surface area contributed by atoms with E-state index < -0.39 is 5.91 Å². The fourth-order valence-electron chi connectivity index (χ4n) is 2.36. The van der Waals surface area contributed by atoms with E-state index >= 15 is 0 Å². The van der Waals surface area contributed by atoms with E-state index in [4.69, 9.17) is 19.9 Å². The molecule has 0 spiro atoms. The van der Waals surface area contributed by atoms with Gasteiger partial charge in [0.2, 0.25) is 0 Å². The maximum atomic E-state index is 12.7. The summed E-state index contributed by atoms with van der Waals surface area (Å²) in [4.78, 5) is 36.8. The monoisotopic (exact) mass is 368 g/mol. The van der Waals surface area contributed by atoms with E-state index in [0.29, 0.717) is 35.9 Å². The number of primary amides is 1. The van der Waals surface area contributed by atoms with Gasteiger partial charge in [-0.3, -0.25) is 14.4 Å². The van der Waals surface area contributed by atoms with Crippen LogP contribution in [0.2, 0.25) is 0 Å². The van der Waals surface area contributed by atoms with Crippen LogP contribution in [0, 0.1) is 0 Å². The number of nitrogens with zero attached hydrogens (tertiary/aromatic N) is 1. The van der Waals surface area contributed by atoms with Gasteiger partial charge in [-0.05, 0) is 18.2 Å². The zero-order chi connectivity index (χ0) is 18.4. The lowest BCUT2D eigenvalue weighted by Crippen LogP contribution is -2.44. The number of carbonyl (C=O) groups is 3. The van der Waals surface area contributed by atoms with Crippen LogP contribution in [-0.2, 0) is 14.3 Å². The lowest BCUT2D eigenvalue weighted by Gasteiger charge is -2.31. The van der Waals surface area contributed by atoms with Gasteiger partial charge in [0.15, 0.2) is 18.1 Å². The Hall–Kier alpha value is -2.42. The molecule has 1 aromatic carbocycles. The summed E-state index contributed by atoms with van der Waals surface area (Å²) in [6.07, 6.45) is 0. The fourth-order valence-corrected chi connectivity index (χ4v) is 3.49. The van der Waals surface area contributed by atoms with Gasteiger partial charge in [0.1, 0.15) is 5.25 Å². The average Bonchev–Trinajstić information content (AvgIpc) is 2.64. The number of amides is 2. The first kappa shape index (κ1) is 18.9. The summed E-state index contributed by atoms with van der Waals surface area (Å²) in [6, 6.07) is 4.66. The number of nitrogens with two attached hydrogens (primary N) is 1. The number of thioether (sulfide) groups is 1. The third-order valence-corrected chi connectivity index (χ3v) is 4.76. The highest BCUT2D eigenvalue weighted by atomic mass is 32.2. The molecule has 1 fully saturated rings. The Labute approximate surface area is 149 Å². The summed E-state index contributed by atoms with van der Waals surface area (Å²) < 4.78 is 15.2. The van der Waals surface area contributed by atoms with Crippen molar-refractivity contribution >= 4 is 29.5 Å². The van der Waals surface area contributed by atoms with E-state index in [9.17, 15) is 14.4 Å². The highest BCUT2D eigenvalue weighted by Crippen LogP contribution is 2.29. The SMILES string of the molecule is COC(=O)[C@@H]1CN(C(=O)c2ccc(OCC(N)=O)c(OC)c2)CCS1.